The van der Waals surface area contributed by atoms with Crippen LogP contribution in [0.5, 0.6) is 0 Å². The van der Waals surface area contributed by atoms with Gasteiger partial charge in [0.1, 0.15) is 0 Å². The fourth-order valence-electron chi connectivity index (χ4n) is 3.61. The zero-order valence-corrected chi connectivity index (χ0v) is 13.8. The number of hydrogen-bond acceptors (Lipinski definition) is 3. The number of ketones is 1. The molecule has 0 saturated heterocycles. The predicted molar refractivity (Wildman–Crippen MR) is 84.7 cm³/mol. The molecule has 2 rings (SSSR count). The Kier molecular flexibility index (Phi) is 9.38. The third kappa shape index (κ3) is 6.87. The molecule has 0 unspecified atom stereocenters. The van der Waals surface area contributed by atoms with Crippen molar-refractivity contribution in [1.82, 2.24) is 0 Å². The number of carbonyl (C=O) groups excluding carboxylic acids is 1. The summed E-state index contributed by atoms with van der Waals surface area (Å²) in [4.78, 5) is 29.0. The fourth-order valence-corrected chi connectivity index (χ4v) is 3.61. The van der Waals surface area contributed by atoms with E-state index in [-0.39, 0.29) is 18.4 Å². The van der Waals surface area contributed by atoms with E-state index in [0.717, 1.165) is 12.8 Å². The van der Waals surface area contributed by atoms with Gasteiger partial charge in [-0.05, 0) is 43.1 Å². The maximum absolute atomic E-state index is 12.3. The van der Waals surface area contributed by atoms with Crippen LogP contribution < -0.4 is 0 Å². The highest BCUT2D eigenvalue weighted by atomic mass is 16.3. The monoisotopic (exact) mass is 312 g/mol. The van der Waals surface area contributed by atoms with Gasteiger partial charge in [-0.25, -0.2) is 0 Å². The third-order valence-electron chi connectivity index (χ3n) is 4.16. The normalized spacial score (nSPS) is 21.0. The smallest absolute Gasteiger partial charge is 0.290 e. The van der Waals surface area contributed by atoms with Crippen molar-refractivity contribution in [3.63, 3.8) is 0 Å². The molecule has 22 heavy (non-hydrogen) atoms. The molecule has 0 bridgehead atoms. The van der Waals surface area contributed by atoms with Crippen molar-refractivity contribution in [2.45, 2.75) is 65.7 Å². The molecule has 1 saturated carbocycles. The lowest BCUT2D eigenvalue weighted by atomic mass is 9.69. The quantitative estimate of drug-likeness (QED) is 0.721. The van der Waals surface area contributed by atoms with Crippen molar-refractivity contribution in [1.29, 1.82) is 0 Å². The first-order chi connectivity index (χ1) is 10.3. The van der Waals surface area contributed by atoms with Crippen LogP contribution in [0.15, 0.2) is 11.1 Å². The lowest BCUT2D eigenvalue weighted by Gasteiger charge is -2.35. The SMILES string of the molecule is CC1=C(C2CCCCC2)C(=O)CC(C)(C)C1.O=CO.O=CO. The lowest BCUT2D eigenvalue weighted by Crippen LogP contribution is -2.29. The average Bonchev–Trinajstić information content (AvgIpc) is 2.39. The zero-order chi connectivity index (χ0) is 17.2. The molecule has 0 atom stereocenters. The Balaban J connectivity index is 0.000000639. The number of carbonyl (C=O) groups is 3. The predicted octanol–water partition coefficient (Wildman–Crippen LogP) is 3.67. The Morgan fingerprint density at radius 1 is 1.00 bits per heavy atom. The van der Waals surface area contributed by atoms with Gasteiger partial charge in [-0.3, -0.25) is 14.4 Å². The Labute approximate surface area is 132 Å². The number of allylic oxidation sites excluding steroid dienone is 2. The third-order valence-corrected chi connectivity index (χ3v) is 4.16. The molecule has 5 heteroatoms. The minimum atomic E-state index is -0.250. The zero-order valence-electron chi connectivity index (χ0n) is 13.8. The van der Waals surface area contributed by atoms with Gasteiger partial charge in [0, 0.05) is 6.42 Å². The van der Waals surface area contributed by atoms with E-state index in [2.05, 4.69) is 20.8 Å². The van der Waals surface area contributed by atoms with E-state index in [1.165, 1.54) is 43.3 Å². The maximum atomic E-state index is 12.3. The van der Waals surface area contributed by atoms with Crippen molar-refractivity contribution in [3.05, 3.63) is 11.1 Å². The molecule has 5 nitrogen and oxygen atoms in total. The summed E-state index contributed by atoms with van der Waals surface area (Å²) in [5.41, 5.74) is 2.80. The summed E-state index contributed by atoms with van der Waals surface area (Å²) in [6.45, 7) is 6.11. The van der Waals surface area contributed by atoms with Gasteiger partial charge in [-0.2, -0.15) is 0 Å². The molecule has 2 aliphatic rings. The summed E-state index contributed by atoms with van der Waals surface area (Å²) < 4.78 is 0. The molecule has 0 aromatic carbocycles. The van der Waals surface area contributed by atoms with Gasteiger partial charge in [0.05, 0.1) is 0 Å². The van der Waals surface area contributed by atoms with Crippen LogP contribution in [0.2, 0.25) is 0 Å². The Hall–Kier alpha value is -1.65. The second-order valence-corrected chi connectivity index (χ2v) is 6.68. The Morgan fingerprint density at radius 3 is 1.86 bits per heavy atom. The van der Waals surface area contributed by atoms with Gasteiger partial charge in [-0.15, -0.1) is 0 Å². The summed E-state index contributed by atoms with van der Waals surface area (Å²) in [5, 5.41) is 13.8. The highest BCUT2D eigenvalue weighted by Crippen LogP contribution is 2.42. The summed E-state index contributed by atoms with van der Waals surface area (Å²) in [6, 6.07) is 0. The van der Waals surface area contributed by atoms with Crippen molar-refractivity contribution in [3.8, 4) is 0 Å². The van der Waals surface area contributed by atoms with E-state index >= 15 is 0 Å². The summed E-state index contributed by atoms with van der Waals surface area (Å²) in [6.07, 6.45) is 8.37. The van der Waals surface area contributed by atoms with E-state index in [1.54, 1.807) is 0 Å². The first-order valence-corrected chi connectivity index (χ1v) is 7.71. The fraction of sp³-hybridized carbons (Fsp3) is 0.706. The van der Waals surface area contributed by atoms with Gasteiger partial charge in [0.2, 0.25) is 0 Å². The second-order valence-electron chi connectivity index (χ2n) is 6.68. The molecular formula is C17H28O5. The molecule has 0 aliphatic heterocycles. The van der Waals surface area contributed by atoms with Crippen LogP contribution in [0.4, 0.5) is 0 Å². The van der Waals surface area contributed by atoms with E-state index in [4.69, 9.17) is 19.8 Å². The summed E-state index contributed by atoms with van der Waals surface area (Å²) in [5.74, 6) is 1.04. The second kappa shape index (κ2) is 10.1. The van der Waals surface area contributed by atoms with E-state index < -0.39 is 0 Å². The van der Waals surface area contributed by atoms with Crippen LogP contribution >= 0.6 is 0 Å². The highest BCUT2D eigenvalue weighted by Gasteiger charge is 2.34. The average molecular weight is 312 g/mol. The van der Waals surface area contributed by atoms with Crippen LogP contribution in [0.1, 0.15) is 65.7 Å². The maximum Gasteiger partial charge on any atom is 0.290 e. The minimum absolute atomic E-state index is 0.194. The Bertz CT molecular complexity index is 397. The van der Waals surface area contributed by atoms with Crippen LogP contribution in [-0.4, -0.2) is 28.9 Å². The molecule has 0 radical (unpaired) electrons. The number of rotatable bonds is 1. The molecule has 1 fully saturated rings. The van der Waals surface area contributed by atoms with E-state index in [9.17, 15) is 4.79 Å². The first-order valence-electron chi connectivity index (χ1n) is 7.71. The van der Waals surface area contributed by atoms with Gasteiger partial charge in [-0.1, -0.05) is 38.7 Å². The van der Waals surface area contributed by atoms with Gasteiger partial charge in [0.15, 0.2) is 5.78 Å². The van der Waals surface area contributed by atoms with Crippen molar-refractivity contribution < 1.29 is 24.6 Å². The summed E-state index contributed by atoms with van der Waals surface area (Å²) >= 11 is 0. The topological polar surface area (TPSA) is 91.7 Å². The first kappa shape index (κ1) is 20.3. The molecule has 0 aromatic heterocycles. The standard InChI is InChI=1S/C15H24O.2CH2O2/c1-11-9-15(2,3)10-13(16)14(11)12-7-5-4-6-8-12;2*2-1-3/h12H,4-10H2,1-3H3;2*1H,(H,2,3). The number of Topliss-reactive ketones (excluding diaryl/α,β-unsaturated/α-hetero) is 1. The van der Waals surface area contributed by atoms with Crippen LogP contribution in [0, 0.1) is 11.3 Å². The van der Waals surface area contributed by atoms with Gasteiger partial charge in [0.25, 0.3) is 12.9 Å². The molecule has 2 N–H and O–H groups in total. The molecule has 0 spiro atoms. The molecule has 126 valence electrons. The van der Waals surface area contributed by atoms with Crippen LogP contribution in [0.25, 0.3) is 0 Å². The van der Waals surface area contributed by atoms with Gasteiger partial charge < -0.3 is 10.2 Å². The molecule has 0 amide bonds. The summed E-state index contributed by atoms with van der Waals surface area (Å²) in [7, 11) is 0. The van der Waals surface area contributed by atoms with Crippen LogP contribution in [0.3, 0.4) is 0 Å². The van der Waals surface area contributed by atoms with E-state index in [1.807, 2.05) is 0 Å². The number of hydrogen-bond donors (Lipinski definition) is 2. The van der Waals surface area contributed by atoms with Crippen molar-refractivity contribution in [2.75, 3.05) is 0 Å². The van der Waals surface area contributed by atoms with Crippen LogP contribution in [-0.2, 0) is 14.4 Å². The molecular weight excluding hydrogens is 284 g/mol. The largest absolute Gasteiger partial charge is 0.483 e. The molecule has 2 aliphatic carbocycles. The molecule has 0 aromatic rings. The molecule has 0 heterocycles. The number of carboxylic acid groups (broad SMARTS) is 2. The minimum Gasteiger partial charge on any atom is -0.483 e. The lowest BCUT2D eigenvalue weighted by molar-refractivity contribution is -0.123. The van der Waals surface area contributed by atoms with E-state index in [0.29, 0.717) is 11.7 Å². The van der Waals surface area contributed by atoms with Gasteiger partial charge >= 0.3 is 0 Å². The highest BCUT2D eigenvalue weighted by molar-refractivity contribution is 5.97. The van der Waals surface area contributed by atoms with Crippen molar-refractivity contribution in [2.24, 2.45) is 11.3 Å². The van der Waals surface area contributed by atoms with Crippen molar-refractivity contribution >= 4 is 18.7 Å². The Morgan fingerprint density at radius 2 is 1.45 bits per heavy atom.